The minimum absolute atomic E-state index is 0.248. The monoisotopic (exact) mass is 307 g/mol. The quantitative estimate of drug-likeness (QED) is 0.819. The summed E-state index contributed by atoms with van der Waals surface area (Å²) in [6.45, 7) is 0.320. The average Bonchev–Trinajstić information content (AvgIpc) is 2.86. The Hall–Kier alpha value is -2.03. The number of rotatable bonds is 2. The van der Waals surface area contributed by atoms with E-state index in [1.807, 2.05) is 6.07 Å². The van der Waals surface area contributed by atoms with Crippen LogP contribution in [0.1, 0.15) is 43.5 Å². The third kappa shape index (κ3) is 2.80. The summed E-state index contributed by atoms with van der Waals surface area (Å²) in [7, 11) is 0. The van der Waals surface area contributed by atoms with Gasteiger partial charge < -0.3 is 4.57 Å². The number of imidazole rings is 1. The fourth-order valence-corrected chi connectivity index (χ4v) is 3.22. The molecule has 1 aliphatic rings. The van der Waals surface area contributed by atoms with Gasteiger partial charge in [0.25, 0.3) is 0 Å². The molecule has 22 heavy (non-hydrogen) atoms. The van der Waals surface area contributed by atoms with Gasteiger partial charge in [-0.3, -0.25) is 0 Å². The van der Waals surface area contributed by atoms with Gasteiger partial charge in [-0.15, -0.1) is 0 Å². The van der Waals surface area contributed by atoms with Crippen molar-refractivity contribution >= 4 is 11.0 Å². The third-order valence-corrected chi connectivity index (χ3v) is 4.30. The first kappa shape index (κ1) is 14.9. The zero-order valence-electron chi connectivity index (χ0n) is 12.0. The molecule has 3 rings (SSSR count). The Morgan fingerprint density at radius 1 is 1.23 bits per heavy atom. The molecule has 3 nitrogen and oxygen atoms in total. The van der Waals surface area contributed by atoms with Crippen LogP contribution in [0.2, 0.25) is 0 Å². The molecule has 1 aromatic heterocycles. The van der Waals surface area contributed by atoms with Gasteiger partial charge in [-0.1, -0.05) is 19.3 Å². The lowest BCUT2D eigenvalue weighted by molar-refractivity contribution is -0.147. The lowest BCUT2D eigenvalue weighted by atomic mass is 9.89. The molecular weight excluding hydrogens is 291 g/mol. The first-order valence-electron chi connectivity index (χ1n) is 7.46. The van der Waals surface area contributed by atoms with E-state index in [1.165, 1.54) is 22.8 Å². The number of halogens is 3. The van der Waals surface area contributed by atoms with Crippen molar-refractivity contribution in [2.45, 2.75) is 44.8 Å². The first-order chi connectivity index (χ1) is 10.5. The van der Waals surface area contributed by atoms with Gasteiger partial charge in [0.05, 0.1) is 22.7 Å². The van der Waals surface area contributed by atoms with Crippen LogP contribution in [-0.4, -0.2) is 9.55 Å². The van der Waals surface area contributed by atoms with E-state index in [0.29, 0.717) is 23.1 Å². The predicted molar refractivity (Wildman–Crippen MR) is 76.0 cm³/mol. The smallest absolute Gasteiger partial charge is 0.320 e. The SMILES string of the molecule is N#Cc1ccc2nc(C(F)(F)F)n(CC3CCCCC3)c2c1. The van der Waals surface area contributed by atoms with E-state index in [4.69, 9.17) is 5.26 Å². The summed E-state index contributed by atoms with van der Waals surface area (Å²) < 4.78 is 41.1. The van der Waals surface area contributed by atoms with Crippen LogP contribution in [0.5, 0.6) is 0 Å². The molecule has 0 atom stereocenters. The summed E-state index contributed by atoms with van der Waals surface area (Å²) in [5, 5.41) is 8.97. The number of alkyl halides is 3. The molecule has 1 saturated carbocycles. The van der Waals surface area contributed by atoms with Crippen molar-refractivity contribution in [2.75, 3.05) is 0 Å². The Balaban J connectivity index is 2.08. The Bertz CT molecular complexity index is 719. The van der Waals surface area contributed by atoms with Gasteiger partial charge >= 0.3 is 6.18 Å². The summed E-state index contributed by atoms with van der Waals surface area (Å²) in [5.74, 6) is -0.610. The van der Waals surface area contributed by atoms with E-state index < -0.39 is 12.0 Å². The van der Waals surface area contributed by atoms with Gasteiger partial charge in [0.15, 0.2) is 0 Å². The average molecular weight is 307 g/mol. The van der Waals surface area contributed by atoms with Crippen LogP contribution in [0.25, 0.3) is 11.0 Å². The molecule has 0 spiro atoms. The van der Waals surface area contributed by atoms with Crippen LogP contribution in [0.4, 0.5) is 13.2 Å². The van der Waals surface area contributed by atoms with Gasteiger partial charge in [0, 0.05) is 6.54 Å². The maximum Gasteiger partial charge on any atom is 0.449 e. The van der Waals surface area contributed by atoms with Crippen molar-refractivity contribution in [2.24, 2.45) is 5.92 Å². The number of hydrogen-bond donors (Lipinski definition) is 0. The Kier molecular flexibility index (Phi) is 3.81. The highest BCUT2D eigenvalue weighted by atomic mass is 19.4. The molecule has 0 radical (unpaired) electrons. The van der Waals surface area contributed by atoms with Crippen LogP contribution < -0.4 is 0 Å². The molecule has 1 fully saturated rings. The normalized spacial score (nSPS) is 16.8. The molecule has 1 aromatic carbocycles. The highest BCUT2D eigenvalue weighted by Crippen LogP contribution is 2.34. The fourth-order valence-electron chi connectivity index (χ4n) is 3.22. The molecule has 0 unspecified atom stereocenters. The van der Waals surface area contributed by atoms with Crippen LogP contribution in [0.3, 0.4) is 0 Å². The van der Waals surface area contributed by atoms with E-state index in [-0.39, 0.29) is 5.92 Å². The standard InChI is InChI=1S/C16H16F3N3/c17-16(18,19)15-21-13-7-6-12(9-20)8-14(13)22(15)10-11-4-2-1-3-5-11/h6-8,11H,1-5,10H2. The van der Waals surface area contributed by atoms with Crippen molar-refractivity contribution < 1.29 is 13.2 Å². The van der Waals surface area contributed by atoms with E-state index in [0.717, 1.165) is 32.1 Å². The Labute approximate surface area is 126 Å². The second-order valence-corrected chi connectivity index (χ2v) is 5.86. The van der Waals surface area contributed by atoms with Crippen molar-refractivity contribution in [1.82, 2.24) is 9.55 Å². The zero-order chi connectivity index (χ0) is 15.7. The number of benzene rings is 1. The molecule has 0 saturated heterocycles. The summed E-state index contributed by atoms with van der Waals surface area (Å²) in [6.07, 6.45) is 0.723. The van der Waals surface area contributed by atoms with Crippen LogP contribution in [0.15, 0.2) is 18.2 Å². The van der Waals surface area contributed by atoms with Gasteiger partial charge in [-0.25, -0.2) is 4.98 Å². The molecule has 116 valence electrons. The molecule has 0 amide bonds. The third-order valence-electron chi connectivity index (χ3n) is 4.30. The Morgan fingerprint density at radius 3 is 2.59 bits per heavy atom. The zero-order valence-corrected chi connectivity index (χ0v) is 12.0. The van der Waals surface area contributed by atoms with E-state index >= 15 is 0 Å². The molecule has 1 aliphatic carbocycles. The van der Waals surface area contributed by atoms with Crippen molar-refractivity contribution in [1.29, 1.82) is 5.26 Å². The van der Waals surface area contributed by atoms with Gasteiger partial charge in [-0.2, -0.15) is 18.4 Å². The number of fused-ring (bicyclic) bond motifs is 1. The summed E-state index contributed by atoms with van der Waals surface area (Å²) in [4.78, 5) is 3.75. The maximum atomic E-state index is 13.3. The molecule has 0 bridgehead atoms. The lowest BCUT2D eigenvalue weighted by Crippen LogP contribution is -2.20. The molecule has 0 N–H and O–H groups in total. The molecule has 2 aromatic rings. The van der Waals surface area contributed by atoms with Gasteiger partial charge in [0.2, 0.25) is 5.82 Å². The molecule has 0 aliphatic heterocycles. The lowest BCUT2D eigenvalue weighted by Gasteiger charge is -2.23. The second-order valence-electron chi connectivity index (χ2n) is 5.86. The topological polar surface area (TPSA) is 41.6 Å². The summed E-state index contributed by atoms with van der Waals surface area (Å²) in [5.41, 5.74) is 1.05. The molecule has 1 heterocycles. The minimum atomic E-state index is -4.49. The highest BCUT2D eigenvalue weighted by molar-refractivity contribution is 5.78. The molecular formula is C16H16F3N3. The number of nitrogens with zero attached hydrogens (tertiary/aromatic N) is 3. The Morgan fingerprint density at radius 2 is 1.95 bits per heavy atom. The van der Waals surface area contributed by atoms with Crippen molar-refractivity contribution in [3.8, 4) is 6.07 Å². The number of nitriles is 1. The minimum Gasteiger partial charge on any atom is -0.320 e. The van der Waals surface area contributed by atoms with E-state index in [1.54, 1.807) is 0 Å². The van der Waals surface area contributed by atoms with E-state index in [9.17, 15) is 13.2 Å². The highest BCUT2D eigenvalue weighted by Gasteiger charge is 2.38. The second kappa shape index (κ2) is 5.64. The van der Waals surface area contributed by atoms with Crippen LogP contribution >= 0.6 is 0 Å². The van der Waals surface area contributed by atoms with Crippen LogP contribution in [0, 0.1) is 17.2 Å². The predicted octanol–water partition coefficient (Wildman–Crippen LogP) is 4.51. The van der Waals surface area contributed by atoms with Gasteiger partial charge in [0.1, 0.15) is 0 Å². The number of aromatic nitrogens is 2. The van der Waals surface area contributed by atoms with Crippen molar-refractivity contribution in [3.05, 3.63) is 29.6 Å². The van der Waals surface area contributed by atoms with Crippen molar-refractivity contribution in [3.63, 3.8) is 0 Å². The van der Waals surface area contributed by atoms with Crippen LogP contribution in [-0.2, 0) is 12.7 Å². The van der Waals surface area contributed by atoms with Gasteiger partial charge in [-0.05, 0) is 37.0 Å². The fraction of sp³-hybridized carbons (Fsp3) is 0.500. The van der Waals surface area contributed by atoms with E-state index in [2.05, 4.69) is 4.98 Å². The molecule has 6 heteroatoms. The maximum absolute atomic E-state index is 13.3. The summed E-state index contributed by atoms with van der Waals surface area (Å²) in [6, 6.07) is 6.46. The number of hydrogen-bond acceptors (Lipinski definition) is 2. The first-order valence-corrected chi connectivity index (χ1v) is 7.46. The summed E-state index contributed by atoms with van der Waals surface area (Å²) >= 11 is 0. The largest absolute Gasteiger partial charge is 0.449 e.